The molecule has 19 heavy (non-hydrogen) atoms. The molecule has 1 amide bonds. The van der Waals surface area contributed by atoms with Gasteiger partial charge in [-0.2, -0.15) is 11.8 Å². The van der Waals surface area contributed by atoms with Crippen molar-refractivity contribution in [3.8, 4) is 0 Å². The van der Waals surface area contributed by atoms with Crippen molar-refractivity contribution in [1.82, 2.24) is 5.32 Å². The van der Waals surface area contributed by atoms with Crippen molar-refractivity contribution in [3.63, 3.8) is 0 Å². The van der Waals surface area contributed by atoms with Gasteiger partial charge in [0.15, 0.2) is 0 Å². The van der Waals surface area contributed by atoms with Crippen LogP contribution in [0.5, 0.6) is 0 Å². The maximum atomic E-state index is 11.8. The number of anilines is 2. The maximum Gasteiger partial charge on any atom is 0.251 e. The zero-order valence-electron chi connectivity index (χ0n) is 11.2. The van der Waals surface area contributed by atoms with Crippen molar-refractivity contribution >= 4 is 29.0 Å². The minimum atomic E-state index is -0.0548. The van der Waals surface area contributed by atoms with E-state index in [0.29, 0.717) is 23.0 Å². The molecule has 1 aliphatic heterocycles. The third kappa shape index (κ3) is 3.80. The Bertz CT molecular complexity index is 444. The Kier molecular flexibility index (Phi) is 4.96. The van der Waals surface area contributed by atoms with Crippen LogP contribution in [0.25, 0.3) is 0 Å². The van der Waals surface area contributed by atoms with Crippen molar-refractivity contribution in [2.24, 2.45) is 0 Å². The summed E-state index contributed by atoms with van der Waals surface area (Å²) in [5.41, 5.74) is 8.15. The van der Waals surface area contributed by atoms with Crippen molar-refractivity contribution in [3.05, 3.63) is 23.8 Å². The Hall–Kier alpha value is -1.36. The average molecular weight is 279 g/mol. The topological polar surface area (TPSA) is 67.2 Å². The largest absolute Gasteiger partial charge is 0.397 e. The third-order valence-electron chi connectivity index (χ3n) is 3.20. The van der Waals surface area contributed by atoms with Gasteiger partial charge in [-0.3, -0.25) is 4.79 Å². The first-order valence-corrected chi connectivity index (χ1v) is 7.78. The molecule has 0 bridgehead atoms. The number of nitrogen functional groups attached to an aromatic ring is 1. The summed E-state index contributed by atoms with van der Waals surface area (Å²) < 4.78 is 0. The van der Waals surface area contributed by atoms with Crippen LogP contribution < -0.4 is 16.4 Å². The van der Waals surface area contributed by atoms with Crippen molar-refractivity contribution in [2.45, 2.75) is 25.0 Å². The molecule has 1 unspecified atom stereocenters. The fraction of sp³-hybridized carbons (Fsp3) is 0.500. The predicted molar refractivity (Wildman–Crippen MR) is 82.8 cm³/mol. The lowest BCUT2D eigenvalue weighted by atomic mass is 10.1. The Morgan fingerprint density at radius 1 is 1.53 bits per heavy atom. The van der Waals surface area contributed by atoms with Crippen LogP contribution in [0.4, 0.5) is 11.4 Å². The van der Waals surface area contributed by atoms with Crippen LogP contribution in [0.1, 0.15) is 30.1 Å². The van der Waals surface area contributed by atoms with Crippen LogP contribution in [0.15, 0.2) is 18.2 Å². The minimum Gasteiger partial charge on any atom is -0.397 e. The van der Waals surface area contributed by atoms with E-state index in [-0.39, 0.29) is 5.91 Å². The molecule has 4 N–H and O–H groups in total. The quantitative estimate of drug-likeness (QED) is 0.724. The highest BCUT2D eigenvalue weighted by molar-refractivity contribution is 8.00. The standard InChI is InChI=1S/C14H21N3OS/c1-2-16-14(18)10-5-6-12(15)13(8-10)17-9-11-4-3-7-19-11/h5-6,8,11,17H,2-4,7,9,15H2,1H3,(H,16,18). The number of amides is 1. The fourth-order valence-corrected chi connectivity index (χ4v) is 3.34. The number of rotatable bonds is 5. The van der Waals surface area contributed by atoms with Gasteiger partial charge in [0.1, 0.15) is 0 Å². The molecule has 1 aromatic carbocycles. The molecule has 0 radical (unpaired) electrons. The van der Waals surface area contributed by atoms with Gasteiger partial charge in [-0.15, -0.1) is 0 Å². The summed E-state index contributed by atoms with van der Waals surface area (Å²) in [5, 5.41) is 6.82. The van der Waals surface area contributed by atoms with Gasteiger partial charge in [0.2, 0.25) is 0 Å². The van der Waals surface area contributed by atoms with E-state index in [9.17, 15) is 4.79 Å². The molecule has 5 heteroatoms. The third-order valence-corrected chi connectivity index (χ3v) is 4.60. The van der Waals surface area contributed by atoms with E-state index >= 15 is 0 Å². The second-order valence-electron chi connectivity index (χ2n) is 4.68. The van der Waals surface area contributed by atoms with Gasteiger partial charge < -0.3 is 16.4 Å². The summed E-state index contributed by atoms with van der Waals surface area (Å²) in [6, 6.07) is 5.38. The molecule has 0 aliphatic carbocycles. The van der Waals surface area contributed by atoms with Crippen LogP contribution >= 0.6 is 11.8 Å². The van der Waals surface area contributed by atoms with Gasteiger partial charge in [0.05, 0.1) is 11.4 Å². The molecule has 1 heterocycles. The van der Waals surface area contributed by atoms with Gasteiger partial charge in [-0.1, -0.05) is 0 Å². The summed E-state index contributed by atoms with van der Waals surface area (Å²) >= 11 is 2.00. The molecular weight excluding hydrogens is 258 g/mol. The minimum absolute atomic E-state index is 0.0548. The molecule has 1 aromatic rings. The first-order chi connectivity index (χ1) is 9.20. The zero-order chi connectivity index (χ0) is 13.7. The number of nitrogens with two attached hydrogens (primary N) is 1. The second-order valence-corrected chi connectivity index (χ2v) is 6.09. The van der Waals surface area contributed by atoms with E-state index in [1.807, 2.05) is 24.8 Å². The van der Waals surface area contributed by atoms with Crippen molar-refractivity contribution in [1.29, 1.82) is 0 Å². The first-order valence-electron chi connectivity index (χ1n) is 6.74. The van der Waals surface area contributed by atoms with E-state index in [1.165, 1.54) is 18.6 Å². The van der Waals surface area contributed by atoms with Crippen molar-refractivity contribution in [2.75, 3.05) is 29.9 Å². The number of carbonyl (C=O) groups excluding carboxylic acids is 1. The molecule has 1 saturated heterocycles. The normalized spacial score (nSPS) is 18.3. The fourth-order valence-electron chi connectivity index (χ4n) is 2.14. The van der Waals surface area contributed by atoms with Gasteiger partial charge >= 0.3 is 0 Å². The maximum absolute atomic E-state index is 11.8. The van der Waals surface area contributed by atoms with Crippen LogP contribution in [0, 0.1) is 0 Å². The lowest BCUT2D eigenvalue weighted by molar-refractivity contribution is 0.0956. The highest BCUT2D eigenvalue weighted by Crippen LogP contribution is 2.27. The molecular formula is C14H21N3OS. The highest BCUT2D eigenvalue weighted by Gasteiger charge is 2.15. The predicted octanol–water partition coefficient (Wildman–Crippen LogP) is 2.33. The van der Waals surface area contributed by atoms with Gasteiger partial charge in [-0.25, -0.2) is 0 Å². The summed E-state index contributed by atoms with van der Waals surface area (Å²) in [4.78, 5) is 11.8. The SMILES string of the molecule is CCNC(=O)c1ccc(N)c(NCC2CCCS2)c1. The first kappa shape index (κ1) is 14.1. The molecule has 0 saturated carbocycles. The number of hydrogen-bond donors (Lipinski definition) is 3. The molecule has 4 nitrogen and oxygen atoms in total. The van der Waals surface area contributed by atoms with Crippen LogP contribution in [0.3, 0.4) is 0 Å². The Labute approximate surface area is 118 Å². The van der Waals surface area contributed by atoms with E-state index in [4.69, 9.17) is 5.73 Å². The van der Waals surface area contributed by atoms with Gasteiger partial charge in [0, 0.05) is 23.9 Å². The molecule has 0 aromatic heterocycles. The molecule has 1 fully saturated rings. The molecule has 104 valence electrons. The number of nitrogens with one attached hydrogen (secondary N) is 2. The van der Waals surface area contributed by atoms with E-state index in [2.05, 4.69) is 10.6 Å². The van der Waals surface area contributed by atoms with E-state index in [0.717, 1.165) is 12.2 Å². The van der Waals surface area contributed by atoms with Crippen LogP contribution in [0.2, 0.25) is 0 Å². The lowest BCUT2D eigenvalue weighted by Crippen LogP contribution is -2.23. The number of benzene rings is 1. The van der Waals surface area contributed by atoms with Crippen LogP contribution in [-0.4, -0.2) is 30.0 Å². The molecule has 1 aliphatic rings. The van der Waals surface area contributed by atoms with Crippen LogP contribution in [-0.2, 0) is 0 Å². The van der Waals surface area contributed by atoms with E-state index < -0.39 is 0 Å². The van der Waals surface area contributed by atoms with Crippen molar-refractivity contribution < 1.29 is 4.79 Å². The second kappa shape index (κ2) is 6.70. The average Bonchev–Trinajstić information content (AvgIpc) is 2.91. The smallest absolute Gasteiger partial charge is 0.251 e. The lowest BCUT2D eigenvalue weighted by Gasteiger charge is -2.14. The monoisotopic (exact) mass is 279 g/mol. The molecule has 1 atom stereocenters. The molecule has 2 rings (SSSR count). The van der Waals surface area contributed by atoms with E-state index in [1.54, 1.807) is 12.1 Å². The summed E-state index contributed by atoms with van der Waals surface area (Å²) in [6.07, 6.45) is 2.55. The highest BCUT2D eigenvalue weighted by atomic mass is 32.2. The Balaban J connectivity index is 2.01. The number of carbonyl (C=O) groups is 1. The summed E-state index contributed by atoms with van der Waals surface area (Å²) in [6.45, 7) is 3.45. The summed E-state index contributed by atoms with van der Waals surface area (Å²) in [5.74, 6) is 1.20. The summed E-state index contributed by atoms with van der Waals surface area (Å²) in [7, 11) is 0. The molecule has 0 spiro atoms. The Morgan fingerprint density at radius 3 is 3.05 bits per heavy atom. The Morgan fingerprint density at radius 2 is 2.37 bits per heavy atom. The number of thioether (sulfide) groups is 1. The van der Waals surface area contributed by atoms with Gasteiger partial charge in [-0.05, 0) is 43.7 Å². The van der Waals surface area contributed by atoms with Gasteiger partial charge in [0.25, 0.3) is 5.91 Å². The number of hydrogen-bond acceptors (Lipinski definition) is 4. The zero-order valence-corrected chi connectivity index (χ0v) is 12.1.